The number of rotatable bonds is 2. The van der Waals surface area contributed by atoms with Gasteiger partial charge < -0.3 is 14.7 Å². The van der Waals surface area contributed by atoms with E-state index in [1.54, 1.807) is 0 Å². The lowest BCUT2D eigenvalue weighted by Gasteiger charge is -2.60. The molecule has 0 aromatic carbocycles. The number of aromatic nitrogens is 1. The number of aromatic carboxylic acids is 1. The summed E-state index contributed by atoms with van der Waals surface area (Å²) >= 11 is 0. The zero-order chi connectivity index (χ0) is 20.1. The molecule has 1 N–H and O–H groups in total. The number of ether oxygens (including phenoxy) is 1. The summed E-state index contributed by atoms with van der Waals surface area (Å²) in [6.45, 7) is 0.676. The summed E-state index contributed by atoms with van der Waals surface area (Å²) in [5.41, 5.74) is -2.41. The molecule has 4 heterocycles. The Morgan fingerprint density at radius 3 is 2.56 bits per heavy atom. The van der Waals surface area contributed by atoms with Gasteiger partial charge in [0.2, 0.25) is 0 Å². The second kappa shape index (κ2) is 6.57. The highest BCUT2D eigenvalue weighted by molar-refractivity contribution is 6.44. The molecular weight excluding hydrogens is 381 g/mol. The number of anilines is 1. The minimum absolute atomic E-state index is 0.0174. The van der Waals surface area contributed by atoms with Crippen molar-refractivity contribution in [2.45, 2.75) is 31.1 Å². The maximum atomic E-state index is 13.2. The Morgan fingerprint density at radius 1 is 1.33 bits per heavy atom. The number of nitrogens with zero attached hydrogens (tertiary/aromatic N) is 2. The molecule has 5 nitrogen and oxygen atoms in total. The molecule has 3 aliphatic rings. The molecule has 3 fully saturated rings. The van der Waals surface area contributed by atoms with Crippen molar-refractivity contribution in [3.05, 3.63) is 22.9 Å². The van der Waals surface area contributed by atoms with Gasteiger partial charge in [-0.3, -0.25) is 7.28 Å². The number of carboxylic acids is 1. The van der Waals surface area contributed by atoms with Gasteiger partial charge in [-0.2, -0.15) is 26.3 Å². The minimum atomic E-state index is -4.80. The van der Waals surface area contributed by atoms with Crippen LogP contribution in [0.2, 0.25) is 5.82 Å². The van der Waals surface area contributed by atoms with Crippen molar-refractivity contribution >= 4 is 19.1 Å². The highest BCUT2D eigenvalue weighted by Gasteiger charge is 2.49. The van der Waals surface area contributed by atoms with Crippen molar-refractivity contribution in [3.8, 4) is 0 Å². The molecule has 3 atom stereocenters. The average Bonchev–Trinajstić information content (AvgIpc) is 2.41. The van der Waals surface area contributed by atoms with E-state index in [2.05, 4.69) is 4.98 Å². The van der Waals surface area contributed by atoms with Gasteiger partial charge in [-0.1, -0.05) is 0 Å². The van der Waals surface area contributed by atoms with Crippen LogP contribution in [-0.4, -0.2) is 55.2 Å². The van der Waals surface area contributed by atoms with Crippen molar-refractivity contribution in [3.63, 3.8) is 0 Å². The van der Waals surface area contributed by atoms with Crippen LogP contribution in [0.15, 0.2) is 6.20 Å². The number of carbonyl (C=O) groups is 1. The third-order valence-corrected chi connectivity index (χ3v) is 4.87. The lowest BCUT2D eigenvalue weighted by atomic mass is 9.39. The first-order chi connectivity index (χ1) is 12.4. The fraction of sp³-hybridized carbons (Fsp3) is 0.600. The van der Waals surface area contributed by atoms with Gasteiger partial charge in [-0.05, 0) is 19.0 Å². The van der Waals surface area contributed by atoms with E-state index in [0.717, 1.165) is 6.92 Å². The fourth-order valence-electron chi connectivity index (χ4n) is 3.55. The zero-order valence-corrected chi connectivity index (χ0v) is 13.9. The Kier molecular flexibility index (Phi) is 4.81. The van der Waals surface area contributed by atoms with Gasteiger partial charge in [0.05, 0.1) is 12.2 Å². The van der Waals surface area contributed by atoms with E-state index in [-0.39, 0.29) is 25.5 Å². The Balaban J connectivity index is 1.98. The van der Waals surface area contributed by atoms with Gasteiger partial charge >= 0.3 is 18.3 Å². The van der Waals surface area contributed by atoms with Crippen LogP contribution in [0.1, 0.15) is 21.5 Å². The topological polar surface area (TPSA) is 62.7 Å². The quantitative estimate of drug-likeness (QED) is 0.617. The standard InChI is InChI=1S/C15H14BF6N2O3/c1-6-7(14(17,18)19)4-23-12(9(6)13(25)26)24-2-3-27-11-10(15(20,21)22)8(5-24)16-11/h4,8,10-11H,2-3,5H2,1H3,(H,25,26)/q-1. The Hall–Kier alpha value is -1.98. The van der Waals surface area contributed by atoms with E-state index < -0.39 is 52.8 Å². The summed E-state index contributed by atoms with van der Waals surface area (Å²) in [4.78, 5) is 16.5. The number of hydrogen-bond donors (Lipinski definition) is 1. The Labute approximate surface area is 150 Å². The second-order valence-electron chi connectivity index (χ2n) is 6.50. The minimum Gasteiger partial charge on any atom is -0.478 e. The molecule has 4 rings (SSSR count). The van der Waals surface area contributed by atoms with E-state index in [1.165, 1.54) is 12.2 Å². The molecule has 12 heteroatoms. The molecule has 0 spiro atoms. The van der Waals surface area contributed by atoms with Gasteiger partial charge in [0.1, 0.15) is 11.4 Å². The van der Waals surface area contributed by atoms with Crippen molar-refractivity contribution in [2.75, 3.05) is 24.6 Å². The van der Waals surface area contributed by atoms with Gasteiger partial charge in [0.25, 0.3) is 0 Å². The highest BCUT2D eigenvalue weighted by atomic mass is 19.4. The number of hydrogen-bond acceptors (Lipinski definition) is 4. The third kappa shape index (κ3) is 3.58. The molecule has 3 saturated heterocycles. The van der Waals surface area contributed by atoms with Crippen molar-refractivity contribution in [2.24, 2.45) is 5.92 Å². The van der Waals surface area contributed by atoms with Crippen LogP contribution < -0.4 is 4.90 Å². The lowest BCUT2D eigenvalue weighted by molar-refractivity contribution is -0.208. The Morgan fingerprint density at radius 2 is 2.00 bits per heavy atom. The highest BCUT2D eigenvalue weighted by Crippen LogP contribution is 2.48. The van der Waals surface area contributed by atoms with Crippen molar-refractivity contribution in [1.82, 2.24) is 4.98 Å². The number of alkyl halides is 6. The predicted molar refractivity (Wildman–Crippen MR) is 81.9 cm³/mol. The van der Waals surface area contributed by atoms with Crippen LogP contribution in [0, 0.1) is 12.8 Å². The van der Waals surface area contributed by atoms with Crippen LogP contribution in [0.4, 0.5) is 32.2 Å². The molecule has 3 unspecified atom stereocenters. The second-order valence-corrected chi connectivity index (χ2v) is 6.50. The molecule has 0 aliphatic carbocycles. The predicted octanol–water partition coefficient (Wildman–Crippen LogP) is 2.95. The number of pyridine rings is 1. The maximum Gasteiger partial charge on any atom is 0.418 e. The molecule has 1 aromatic rings. The van der Waals surface area contributed by atoms with Gasteiger partial charge in [-0.15, -0.1) is 6.00 Å². The molecule has 3 aliphatic heterocycles. The molecular formula is C15H14BF6N2O3-. The van der Waals surface area contributed by atoms with Crippen molar-refractivity contribution in [1.29, 1.82) is 0 Å². The van der Waals surface area contributed by atoms with E-state index in [9.17, 15) is 36.2 Å². The molecule has 0 amide bonds. The Bertz CT molecular complexity index is 752. The van der Waals surface area contributed by atoms with Crippen LogP contribution in [0.3, 0.4) is 0 Å². The third-order valence-electron chi connectivity index (χ3n) is 4.87. The van der Waals surface area contributed by atoms with E-state index in [4.69, 9.17) is 4.74 Å². The number of fused-ring (bicyclic) bond motifs is 4. The van der Waals surface area contributed by atoms with Crippen LogP contribution in [0.25, 0.3) is 0 Å². The maximum absolute atomic E-state index is 13.2. The first kappa shape index (κ1) is 19.8. The molecule has 2 radical (unpaired) electrons. The van der Waals surface area contributed by atoms with Gasteiger partial charge in [0.15, 0.2) is 0 Å². The lowest BCUT2D eigenvalue weighted by Crippen LogP contribution is -2.60. The van der Waals surface area contributed by atoms with E-state index >= 15 is 0 Å². The molecule has 2 bridgehead atoms. The smallest absolute Gasteiger partial charge is 0.418 e. The summed E-state index contributed by atoms with van der Waals surface area (Å²) in [6, 6.07) is -1.06. The fourth-order valence-corrected chi connectivity index (χ4v) is 3.55. The van der Waals surface area contributed by atoms with Crippen LogP contribution in [0.5, 0.6) is 0 Å². The average molecular weight is 395 g/mol. The van der Waals surface area contributed by atoms with Crippen LogP contribution in [-0.2, 0) is 10.9 Å². The molecule has 1 aromatic heterocycles. The SMILES string of the molecule is Cc1c(C(F)(F)F)cnc(N2CCOC3[B-]C(C2)C3C(F)(F)F)c1C(=O)O. The summed E-state index contributed by atoms with van der Waals surface area (Å²) in [7, 11) is 1.38. The molecule has 0 saturated carbocycles. The molecule has 148 valence electrons. The zero-order valence-electron chi connectivity index (χ0n) is 13.9. The monoisotopic (exact) mass is 395 g/mol. The normalized spacial score (nSPS) is 26.2. The van der Waals surface area contributed by atoms with Crippen LogP contribution >= 0.6 is 0 Å². The largest absolute Gasteiger partial charge is 0.478 e. The first-order valence-corrected chi connectivity index (χ1v) is 7.99. The van der Waals surface area contributed by atoms with Crippen molar-refractivity contribution < 1.29 is 41.0 Å². The van der Waals surface area contributed by atoms with E-state index in [1.807, 2.05) is 0 Å². The summed E-state index contributed by atoms with van der Waals surface area (Å²) in [5.74, 6) is -4.62. The number of carboxylic acid groups (broad SMARTS) is 1. The van der Waals surface area contributed by atoms with E-state index in [0.29, 0.717) is 6.20 Å². The first-order valence-electron chi connectivity index (χ1n) is 7.99. The molecule has 27 heavy (non-hydrogen) atoms. The summed E-state index contributed by atoms with van der Waals surface area (Å²) in [5, 5.41) is 9.40. The summed E-state index contributed by atoms with van der Waals surface area (Å²) in [6.07, 6.45) is -8.78. The van der Waals surface area contributed by atoms with Gasteiger partial charge in [-0.25, -0.2) is 15.6 Å². The van der Waals surface area contributed by atoms with Gasteiger partial charge in [0, 0.05) is 18.7 Å². The summed E-state index contributed by atoms with van der Waals surface area (Å²) < 4.78 is 83.8. The number of halogens is 6.